The van der Waals surface area contributed by atoms with Crippen LogP contribution in [0.15, 0.2) is 30.5 Å². The van der Waals surface area contributed by atoms with E-state index in [1.54, 1.807) is 37.1 Å². The van der Waals surface area contributed by atoms with E-state index < -0.39 is 11.9 Å². The zero-order chi connectivity index (χ0) is 21.0. The number of pyridine rings is 1. The maximum atomic E-state index is 13.4. The first kappa shape index (κ1) is 21.4. The molecule has 3 rings (SSSR count). The summed E-state index contributed by atoms with van der Waals surface area (Å²) in [6.45, 7) is 4.78. The van der Waals surface area contributed by atoms with E-state index in [0.29, 0.717) is 24.7 Å². The summed E-state index contributed by atoms with van der Waals surface area (Å²) in [5, 5.41) is 9.52. The van der Waals surface area contributed by atoms with Gasteiger partial charge in [-0.05, 0) is 50.9 Å². The van der Waals surface area contributed by atoms with Crippen LogP contribution < -0.4 is 4.90 Å². The number of rotatable bonds is 6. The first-order chi connectivity index (χ1) is 13.7. The van der Waals surface area contributed by atoms with E-state index in [1.807, 2.05) is 0 Å². The molecule has 1 N–H and O–H groups in total. The minimum Gasteiger partial charge on any atom is -0.392 e. The Kier molecular flexibility index (Phi) is 6.69. The van der Waals surface area contributed by atoms with E-state index in [-0.39, 0.29) is 17.7 Å². The van der Waals surface area contributed by atoms with Crippen molar-refractivity contribution in [3.63, 3.8) is 0 Å². The first-order valence-electron chi connectivity index (χ1n) is 9.71. The third-order valence-electron chi connectivity index (χ3n) is 5.05. The zero-order valence-electron chi connectivity index (χ0n) is 16.6. The molecule has 1 aliphatic rings. The van der Waals surface area contributed by atoms with Gasteiger partial charge in [-0.1, -0.05) is 6.07 Å². The van der Waals surface area contributed by atoms with Crippen LogP contribution in [0.5, 0.6) is 0 Å². The van der Waals surface area contributed by atoms with Crippen LogP contribution in [0.25, 0.3) is 11.5 Å². The Labute approximate surface area is 168 Å². The summed E-state index contributed by atoms with van der Waals surface area (Å²) in [5.74, 6) is 0.557. The van der Waals surface area contributed by atoms with E-state index in [2.05, 4.69) is 19.9 Å². The molecule has 0 spiro atoms. The lowest BCUT2D eigenvalue weighted by molar-refractivity contribution is -0.141. The van der Waals surface area contributed by atoms with Gasteiger partial charge in [-0.25, -0.2) is 9.97 Å². The third-order valence-corrected chi connectivity index (χ3v) is 5.05. The van der Waals surface area contributed by atoms with E-state index in [1.165, 1.54) is 6.20 Å². The predicted molar refractivity (Wildman–Crippen MR) is 104 cm³/mol. The third kappa shape index (κ3) is 5.86. The van der Waals surface area contributed by atoms with Gasteiger partial charge in [-0.2, -0.15) is 13.2 Å². The number of halogens is 3. The minimum absolute atomic E-state index is 0.0333. The molecule has 0 amide bonds. The summed E-state index contributed by atoms with van der Waals surface area (Å²) < 4.78 is 40.1. The Morgan fingerprint density at radius 2 is 1.97 bits per heavy atom. The van der Waals surface area contributed by atoms with Crippen LogP contribution in [-0.4, -0.2) is 64.3 Å². The van der Waals surface area contributed by atoms with Crippen molar-refractivity contribution in [1.29, 1.82) is 0 Å². The first-order valence-corrected chi connectivity index (χ1v) is 9.71. The SMILES string of the molecule is CC(O)CN1CCC(CN(C)c2cc(C(F)(F)F)nc(-c3ccccn3)n2)CC1. The maximum absolute atomic E-state index is 13.4. The van der Waals surface area contributed by atoms with Crippen LogP contribution in [0.4, 0.5) is 19.0 Å². The Morgan fingerprint density at radius 3 is 2.55 bits per heavy atom. The molecular formula is C20H26F3N5O. The molecule has 29 heavy (non-hydrogen) atoms. The van der Waals surface area contributed by atoms with Crippen molar-refractivity contribution >= 4 is 5.82 Å². The topological polar surface area (TPSA) is 65.4 Å². The van der Waals surface area contributed by atoms with Crippen LogP contribution in [0.2, 0.25) is 0 Å². The fourth-order valence-corrected chi connectivity index (χ4v) is 3.59. The fraction of sp³-hybridized carbons (Fsp3) is 0.550. The number of nitrogens with zero attached hydrogens (tertiary/aromatic N) is 5. The van der Waals surface area contributed by atoms with Crippen molar-refractivity contribution < 1.29 is 18.3 Å². The number of β-amino-alcohol motifs (C(OH)–C–C–N with tert-alkyl or cyclic N) is 1. The maximum Gasteiger partial charge on any atom is 0.433 e. The van der Waals surface area contributed by atoms with Crippen molar-refractivity contribution in [1.82, 2.24) is 19.9 Å². The molecular weight excluding hydrogens is 383 g/mol. The largest absolute Gasteiger partial charge is 0.433 e. The number of alkyl halides is 3. The Morgan fingerprint density at radius 1 is 1.24 bits per heavy atom. The monoisotopic (exact) mass is 409 g/mol. The second-order valence-electron chi connectivity index (χ2n) is 7.62. The zero-order valence-corrected chi connectivity index (χ0v) is 16.6. The van der Waals surface area contributed by atoms with Gasteiger partial charge in [0.2, 0.25) is 0 Å². The fourth-order valence-electron chi connectivity index (χ4n) is 3.59. The lowest BCUT2D eigenvalue weighted by Gasteiger charge is -2.34. The van der Waals surface area contributed by atoms with Gasteiger partial charge in [0.15, 0.2) is 11.5 Å². The Bertz CT molecular complexity index is 792. The molecule has 1 aliphatic heterocycles. The van der Waals surface area contributed by atoms with Gasteiger partial charge in [-0.15, -0.1) is 0 Å². The second-order valence-corrected chi connectivity index (χ2v) is 7.62. The van der Waals surface area contributed by atoms with Crippen molar-refractivity contribution in [3.05, 3.63) is 36.2 Å². The van der Waals surface area contributed by atoms with Gasteiger partial charge >= 0.3 is 6.18 Å². The number of aliphatic hydroxyl groups is 1. The number of anilines is 1. The van der Waals surface area contributed by atoms with E-state index >= 15 is 0 Å². The molecule has 158 valence electrons. The van der Waals surface area contributed by atoms with Crippen molar-refractivity contribution in [2.24, 2.45) is 5.92 Å². The van der Waals surface area contributed by atoms with Gasteiger partial charge in [0, 0.05) is 32.4 Å². The molecule has 1 fully saturated rings. The highest BCUT2D eigenvalue weighted by Gasteiger charge is 2.34. The van der Waals surface area contributed by atoms with Crippen molar-refractivity contribution in [2.45, 2.75) is 32.0 Å². The molecule has 0 saturated carbocycles. The molecule has 1 atom stereocenters. The Balaban J connectivity index is 1.75. The highest BCUT2D eigenvalue weighted by molar-refractivity contribution is 5.53. The lowest BCUT2D eigenvalue weighted by atomic mass is 9.96. The van der Waals surface area contributed by atoms with Crippen molar-refractivity contribution in [2.75, 3.05) is 38.1 Å². The minimum atomic E-state index is -4.56. The number of aromatic nitrogens is 3. The van der Waals surface area contributed by atoms with Gasteiger partial charge in [0.25, 0.3) is 0 Å². The average molecular weight is 409 g/mol. The second kappa shape index (κ2) is 9.04. The molecule has 0 radical (unpaired) electrons. The number of hydrogen-bond acceptors (Lipinski definition) is 6. The van der Waals surface area contributed by atoms with Gasteiger partial charge < -0.3 is 14.9 Å². The smallest absolute Gasteiger partial charge is 0.392 e. The van der Waals surface area contributed by atoms with Crippen LogP contribution >= 0.6 is 0 Å². The molecule has 1 saturated heterocycles. The summed E-state index contributed by atoms with van der Waals surface area (Å²) in [4.78, 5) is 16.1. The van der Waals surface area contributed by atoms with Crippen LogP contribution in [-0.2, 0) is 6.18 Å². The highest BCUT2D eigenvalue weighted by Crippen LogP contribution is 2.31. The molecule has 0 aliphatic carbocycles. The van der Waals surface area contributed by atoms with E-state index in [9.17, 15) is 18.3 Å². The number of aliphatic hydroxyl groups excluding tert-OH is 1. The molecule has 2 aromatic rings. The average Bonchev–Trinajstić information content (AvgIpc) is 2.69. The number of piperidine rings is 1. The highest BCUT2D eigenvalue weighted by atomic mass is 19.4. The lowest BCUT2D eigenvalue weighted by Crippen LogP contribution is -2.40. The Hall–Kier alpha value is -2.26. The molecule has 2 aromatic heterocycles. The summed E-state index contributed by atoms with van der Waals surface area (Å²) in [7, 11) is 1.76. The molecule has 0 aromatic carbocycles. The summed E-state index contributed by atoms with van der Waals surface area (Å²) in [6.07, 6.45) is -1.55. The molecule has 6 nitrogen and oxygen atoms in total. The summed E-state index contributed by atoms with van der Waals surface area (Å²) in [6, 6.07) is 5.97. The van der Waals surface area contributed by atoms with E-state index in [4.69, 9.17) is 0 Å². The van der Waals surface area contributed by atoms with E-state index in [0.717, 1.165) is 32.0 Å². The molecule has 9 heteroatoms. The van der Waals surface area contributed by atoms with Crippen molar-refractivity contribution in [3.8, 4) is 11.5 Å². The standard InChI is InChI=1S/C20H26F3N5O/c1-14(29)12-28-9-6-15(7-10-28)13-27(2)18-11-17(20(21,22)23)25-19(26-18)16-5-3-4-8-24-16/h3-5,8,11,14-15,29H,6-7,9-10,12-13H2,1-2H3. The number of hydrogen-bond donors (Lipinski definition) is 1. The van der Waals surface area contributed by atoms with Crippen LogP contribution in [0, 0.1) is 5.92 Å². The normalized spacial score (nSPS) is 17.3. The van der Waals surface area contributed by atoms with Gasteiger partial charge in [0.05, 0.1) is 6.10 Å². The van der Waals surface area contributed by atoms with Gasteiger partial charge in [-0.3, -0.25) is 4.98 Å². The predicted octanol–water partition coefficient (Wildman–Crippen LogP) is 3.09. The van der Waals surface area contributed by atoms with Crippen LogP contribution in [0.1, 0.15) is 25.5 Å². The molecule has 3 heterocycles. The van der Waals surface area contributed by atoms with Crippen LogP contribution in [0.3, 0.4) is 0 Å². The number of likely N-dealkylation sites (tertiary alicyclic amines) is 1. The van der Waals surface area contributed by atoms with Gasteiger partial charge in [0.1, 0.15) is 11.5 Å². The summed E-state index contributed by atoms with van der Waals surface area (Å²) in [5.41, 5.74) is -0.665. The quantitative estimate of drug-likeness (QED) is 0.791. The molecule has 1 unspecified atom stereocenters. The summed E-state index contributed by atoms with van der Waals surface area (Å²) >= 11 is 0. The molecule has 0 bridgehead atoms.